The van der Waals surface area contributed by atoms with Gasteiger partial charge in [0, 0.05) is 12.1 Å². The van der Waals surface area contributed by atoms with Crippen molar-refractivity contribution >= 4 is 0 Å². The molecule has 1 heterocycles. The topological polar surface area (TPSA) is 21.3 Å². The maximum absolute atomic E-state index is 5.61. The summed E-state index contributed by atoms with van der Waals surface area (Å²) >= 11 is 0. The third-order valence-electron chi connectivity index (χ3n) is 2.83. The number of hydrogen-bond acceptors (Lipinski definition) is 2. The molecule has 1 N–H and O–H groups in total. The van der Waals surface area contributed by atoms with Gasteiger partial charge in [-0.15, -0.1) is 0 Å². The van der Waals surface area contributed by atoms with Crippen molar-refractivity contribution in [3.05, 3.63) is 0 Å². The molecule has 0 aromatic heterocycles. The Bertz CT molecular complexity index is 125. The second-order valence-corrected chi connectivity index (χ2v) is 3.41. The van der Waals surface area contributed by atoms with Crippen LogP contribution in [0.5, 0.6) is 0 Å². The smallest absolute Gasteiger partial charge is 0.0757 e. The Labute approximate surface area is 61.9 Å². The highest BCUT2D eigenvalue weighted by Gasteiger charge is 2.49. The summed E-state index contributed by atoms with van der Waals surface area (Å²) in [7, 11) is 2.05. The minimum absolute atomic E-state index is 0.399. The quantitative estimate of drug-likeness (QED) is 0.617. The van der Waals surface area contributed by atoms with Gasteiger partial charge in [-0.05, 0) is 32.7 Å². The van der Waals surface area contributed by atoms with Crippen LogP contribution in [0, 0.1) is 0 Å². The van der Waals surface area contributed by atoms with E-state index in [0.29, 0.717) is 11.6 Å². The summed E-state index contributed by atoms with van der Waals surface area (Å²) in [6, 6.07) is 0. The highest BCUT2D eigenvalue weighted by atomic mass is 16.5. The summed E-state index contributed by atoms with van der Waals surface area (Å²) in [5.74, 6) is 0. The van der Waals surface area contributed by atoms with Gasteiger partial charge >= 0.3 is 0 Å². The molecule has 1 aliphatic heterocycles. The van der Waals surface area contributed by atoms with Crippen LogP contribution in [0.2, 0.25) is 0 Å². The average molecular weight is 141 g/mol. The molecule has 1 aliphatic carbocycles. The first-order valence-electron chi connectivity index (χ1n) is 4.18. The second-order valence-electron chi connectivity index (χ2n) is 3.41. The van der Waals surface area contributed by atoms with Crippen molar-refractivity contribution in [2.45, 2.75) is 37.3 Å². The van der Waals surface area contributed by atoms with Crippen LogP contribution in [0.1, 0.15) is 25.7 Å². The van der Waals surface area contributed by atoms with Gasteiger partial charge in [0.15, 0.2) is 0 Å². The van der Waals surface area contributed by atoms with Crippen molar-refractivity contribution in [3.63, 3.8) is 0 Å². The Hall–Kier alpha value is -0.0800. The van der Waals surface area contributed by atoms with Gasteiger partial charge in [0.2, 0.25) is 0 Å². The molecule has 0 radical (unpaired) electrons. The lowest BCUT2D eigenvalue weighted by Crippen LogP contribution is -2.39. The van der Waals surface area contributed by atoms with Gasteiger partial charge < -0.3 is 10.1 Å². The fourth-order valence-electron chi connectivity index (χ4n) is 1.88. The summed E-state index contributed by atoms with van der Waals surface area (Å²) < 4.78 is 5.61. The van der Waals surface area contributed by atoms with Crippen LogP contribution < -0.4 is 5.32 Å². The molecular formula is C8H15NO. The van der Waals surface area contributed by atoms with Crippen molar-refractivity contribution in [2.24, 2.45) is 0 Å². The maximum Gasteiger partial charge on any atom is 0.0757 e. The van der Waals surface area contributed by atoms with Crippen LogP contribution in [-0.4, -0.2) is 25.3 Å². The predicted octanol–water partition coefficient (Wildman–Crippen LogP) is 0.917. The molecule has 58 valence electrons. The third kappa shape index (κ3) is 0.867. The number of nitrogens with one attached hydrogen (secondary N) is 1. The number of likely N-dealkylation sites (N-methyl/N-ethyl adjacent to an activating group) is 1. The lowest BCUT2D eigenvalue weighted by molar-refractivity contribution is 0.0721. The van der Waals surface area contributed by atoms with Crippen LogP contribution in [0.4, 0.5) is 0 Å². The fourth-order valence-corrected chi connectivity index (χ4v) is 1.88. The summed E-state index contributed by atoms with van der Waals surface area (Å²) in [4.78, 5) is 0. The van der Waals surface area contributed by atoms with Crippen LogP contribution >= 0.6 is 0 Å². The lowest BCUT2D eigenvalue weighted by atomic mass is 10.1. The molecule has 2 fully saturated rings. The van der Waals surface area contributed by atoms with Crippen molar-refractivity contribution in [1.82, 2.24) is 5.32 Å². The van der Waals surface area contributed by atoms with Crippen LogP contribution in [0.25, 0.3) is 0 Å². The van der Waals surface area contributed by atoms with E-state index in [2.05, 4.69) is 12.4 Å². The molecular weight excluding hydrogens is 126 g/mol. The van der Waals surface area contributed by atoms with Crippen LogP contribution in [-0.2, 0) is 4.74 Å². The largest absolute Gasteiger partial charge is 0.376 e. The molecule has 0 amide bonds. The van der Waals surface area contributed by atoms with E-state index in [4.69, 9.17) is 4.74 Å². The van der Waals surface area contributed by atoms with Crippen molar-refractivity contribution in [2.75, 3.05) is 13.7 Å². The summed E-state index contributed by atoms with van der Waals surface area (Å²) in [5.41, 5.74) is 0.399. The number of rotatable bonds is 2. The van der Waals surface area contributed by atoms with E-state index in [-0.39, 0.29) is 0 Å². The van der Waals surface area contributed by atoms with E-state index in [1.807, 2.05) is 0 Å². The first kappa shape index (κ1) is 6.62. The molecule has 1 unspecified atom stereocenters. The van der Waals surface area contributed by atoms with E-state index < -0.39 is 0 Å². The van der Waals surface area contributed by atoms with Gasteiger partial charge in [0.25, 0.3) is 0 Å². The third-order valence-corrected chi connectivity index (χ3v) is 2.83. The van der Waals surface area contributed by atoms with E-state index >= 15 is 0 Å². The molecule has 2 aliphatic rings. The fraction of sp³-hybridized carbons (Fsp3) is 1.00. The van der Waals surface area contributed by atoms with E-state index in [0.717, 1.165) is 6.61 Å². The van der Waals surface area contributed by atoms with Crippen molar-refractivity contribution < 1.29 is 4.74 Å². The Kier molecular flexibility index (Phi) is 1.46. The molecule has 10 heavy (non-hydrogen) atoms. The maximum atomic E-state index is 5.61. The first-order valence-corrected chi connectivity index (χ1v) is 4.18. The summed E-state index contributed by atoms with van der Waals surface area (Å²) in [6.45, 7) is 0.980. The normalized spacial score (nSPS) is 36.3. The number of ether oxygens (including phenoxy) is 1. The molecule has 0 bridgehead atoms. The van der Waals surface area contributed by atoms with Gasteiger partial charge in [-0.2, -0.15) is 0 Å². The minimum atomic E-state index is 0.399. The first-order chi connectivity index (χ1) is 4.87. The Balaban J connectivity index is 1.96. The van der Waals surface area contributed by atoms with Crippen molar-refractivity contribution in [1.29, 1.82) is 0 Å². The molecule has 0 aromatic carbocycles. The van der Waals surface area contributed by atoms with Gasteiger partial charge in [0.1, 0.15) is 0 Å². The minimum Gasteiger partial charge on any atom is -0.376 e. The highest BCUT2D eigenvalue weighted by Crippen LogP contribution is 2.43. The predicted molar refractivity (Wildman–Crippen MR) is 40.0 cm³/mol. The van der Waals surface area contributed by atoms with Crippen molar-refractivity contribution in [3.8, 4) is 0 Å². The van der Waals surface area contributed by atoms with Gasteiger partial charge in [-0.25, -0.2) is 0 Å². The van der Waals surface area contributed by atoms with Gasteiger partial charge in [0.05, 0.1) is 6.10 Å². The molecule has 2 rings (SSSR count). The zero-order valence-electron chi connectivity index (χ0n) is 6.52. The lowest BCUT2D eigenvalue weighted by Gasteiger charge is -2.20. The average Bonchev–Trinajstić information content (AvgIpc) is 2.58. The molecule has 1 atom stereocenters. The Morgan fingerprint density at radius 3 is 2.70 bits per heavy atom. The molecule has 1 saturated heterocycles. The Morgan fingerprint density at radius 1 is 1.50 bits per heavy atom. The van der Waals surface area contributed by atoms with Gasteiger partial charge in [-0.1, -0.05) is 0 Å². The van der Waals surface area contributed by atoms with E-state index in [1.54, 1.807) is 0 Å². The zero-order chi connectivity index (χ0) is 7.03. The molecule has 2 nitrogen and oxygen atoms in total. The molecule has 0 spiro atoms. The SMILES string of the molecule is CNC1(C2CCCO2)CC1. The second kappa shape index (κ2) is 2.21. The van der Waals surface area contributed by atoms with Gasteiger partial charge in [-0.3, -0.25) is 0 Å². The van der Waals surface area contributed by atoms with Crippen LogP contribution in [0.15, 0.2) is 0 Å². The molecule has 1 saturated carbocycles. The summed E-state index contributed by atoms with van der Waals surface area (Å²) in [6.07, 6.45) is 5.68. The standard InChI is InChI=1S/C8H15NO/c1-9-8(4-5-8)7-3-2-6-10-7/h7,9H,2-6H2,1H3. The Morgan fingerprint density at radius 2 is 2.30 bits per heavy atom. The monoisotopic (exact) mass is 141 g/mol. The van der Waals surface area contributed by atoms with E-state index in [9.17, 15) is 0 Å². The molecule has 2 heteroatoms. The number of hydrogen-bond donors (Lipinski definition) is 1. The van der Waals surface area contributed by atoms with Crippen LogP contribution in [0.3, 0.4) is 0 Å². The van der Waals surface area contributed by atoms with E-state index in [1.165, 1.54) is 25.7 Å². The highest BCUT2D eigenvalue weighted by molar-refractivity contribution is 5.08. The summed E-state index contributed by atoms with van der Waals surface area (Å²) in [5, 5.41) is 3.37. The molecule has 0 aromatic rings. The zero-order valence-corrected chi connectivity index (χ0v) is 6.52.